The molecular formula is C18H27N3O2. The van der Waals surface area contributed by atoms with Crippen LogP contribution in [0.4, 0.5) is 4.79 Å². The summed E-state index contributed by atoms with van der Waals surface area (Å²) in [7, 11) is 0. The van der Waals surface area contributed by atoms with Gasteiger partial charge in [0.15, 0.2) is 0 Å². The zero-order valence-corrected chi connectivity index (χ0v) is 14.3. The first kappa shape index (κ1) is 17.3. The van der Waals surface area contributed by atoms with Gasteiger partial charge in [0.25, 0.3) is 5.91 Å². The van der Waals surface area contributed by atoms with Crippen LogP contribution in [-0.4, -0.2) is 54.0 Å². The number of piperidine rings is 1. The largest absolute Gasteiger partial charge is 0.338 e. The minimum atomic E-state index is -0.00156. The number of benzene rings is 1. The van der Waals surface area contributed by atoms with E-state index < -0.39 is 0 Å². The number of nitrogens with zero attached hydrogens (tertiary/aromatic N) is 2. The molecule has 1 saturated heterocycles. The maximum Gasteiger partial charge on any atom is 0.317 e. The van der Waals surface area contributed by atoms with Crippen LogP contribution in [0.5, 0.6) is 0 Å². The summed E-state index contributed by atoms with van der Waals surface area (Å²) < 4.78 is 0. The van der Waals surface area contributed by atoms with Crippen LogP contribution in [0.25, 0.3) is 0 Å². The molecule has 0 unspecified atom stereocenters. The third-order valence-corrected chi connectivity index (χ3v) is 4.46. The van der Waals surface area contributed by atoms with E-state index >= 15 is 0 Å². The smallest absolute Gasteiger partial charge is 0.317 e. The standard InChI is InChI=1S/C18H27N3O2/c1-4-20(5-2)18(23)19-16-10-12-21(13-11-16)17(22)15-8-6-14(3)7-9-15/h6-9,16H,4-5,10-13H2,1-3H3,(H,19,23). The second kappa shape index (κ2) is 7.99. The van der Waals surface area contributed by atoms with Gasteiger partial charge < -0.3 is 15.1 Å². The Balaban J connectivity index is 1.85. The molecule has 3 amide bonds. The molecule has 1 aromatic rings. The minimum Gasteiger partial charge on any atom is -0.338 e. The number of amides is 3. The first-order valence-electron chi connectivity index (χ1n) is 8.46. The molecule has 23 heavy (non-hydrogen) atoms. The molecule has 0 atom stereocenters. The second-order valence-corrected chi connectivity index (χ2v) is 6.05. The summed E-state index contributed by atoms with van der Waals surface area (Å²) in [6, 6.07) is 7.84. The summed E-state index contributed by atoms with van der Waals surface area (Å²) in [5.41, 5.74) is 1.89. The first-order valence-corrected chi connectivity index (χ1v) is 8.46. The van der Waals surface area contributed by atoms with Gasteiger partial charge in [-0.05, 0) is 45.7 Å². The van der Waals surface area contributed by atoms with E-state index in [1.807, 2.05) is 49.9 Å². The van der Waals surface area contributed by atoms with Gasteiger partial charge in [0, 0.05) is 37.8 Å². The quantitative estimate of drug-likeness (QED) is 0.928. The molecule has 1 aliphatic rings. The molecular weight excluding hydrogens is 290 g/mol. The molecule has 2 rings (SSSR count). The summed E-state index contributed by atoms with van der Waals surface area (Å²) in [5.74, 6) is 0.0820. The van der Waals surface area contributed by atoms with Crippen molar-refractivity contribution in [2.45, 2.75) is 39.7 Å². The van der Waals surface area contributed by atoms with Crippen LogP contribution in [0, 0.1) is 6.92 Å². The zero-order valence-electron chi connectivity index (χ0n) is 14.3. The Hall–Kier alpha value is -2.04. The second-order valence-electron chi connectivity index (χ2n) is 6.05. The van der Waals surface area contributed by atoms with Crippen molar-refractivity contribution in [3.63, 3.8) is 0 Å². The SMILES string of the molecule is CCN(CC)C(=O)NC1CCN(C(=O)c2ccc(C)cc2)CC1. The highest BCUT2D eigenvalue weighted by atomic mass is 16.2. The number of hydrogen-bond donors (Lipinski definition) is 1. The molecule has 5 nitrogen and oxygen atoms in total. The monoisotopic (exact) mass is 317 g/mol. The number of hydrogen-bond acceptors (Lipinski definition) is 2. The third-order valence-electron chi connectivity index (χ3n) is 4.46. The predicted octanol–water partition coefficient (Wildman–Crippen LogP) is 2.65. The summed E-state index contributed by atoms with van der Waals surface area (Å²) >= 11 is 0. The van der Waals surface area contributed by atoms with Crippen molar-refractivity contribution in [2.75, 3.05) is 26.2 Å². The fraction of sp³-hybridized carbons (Fsp3) is 0.556. The number of carbonyl (C=O) groups excluding carboxylic acids is 2. The molecule has 1 fully saturated rings. The summed E-state index contributed by atoms with van der Waals surface area (Å²) in [6.07, 6.45) is 1.62. The number of carbonyl (C=O) groups is 2. The van der Waals surface area contributed by atoms with Gasteiger partial charge in [0.05, 0.1) is 0 Å². The van der Waals surface area contributed by atoms with Crippen LogP contribution in [-0.2, 0) is 0 Å². The van der Waals surface area contributed by atoms with Gasteiger partial charge in [-0.1, -0.05) is 17.7 Å². The average molecular weight is 317 g/mol. The normalized spacial score (nSPS) is 15.3. The van der Waals surface area contributed by atoms with Gasteiger partial charge in [-0.25, -0.2) is 4.79 Å². The van der Waals surface area contributed by atoms with E-state index in [1.54, 1.807) is 4.90 Å². The Morgan fingerprint density at radius 1 is 1.13 bits per heavy atom. The van der Waals surface area contributed by atoms with Gasteiger partial charge in [0.2, 0.25) is 0 Å². The van der Waals surface area contributed by atoms with E-state index in [4.69, 9.17) is 0 Å². The van der Waals surface area contributed by atoms with Crippen LogP contribution in [0.2, 0.25) is 0 Å². The lowest BCUT2D eigenvalue weighted by Gasteiger charge is -2.33. The first-order chi connectivity index (χ1) is 11.0. The molecule has 0 saturated carbocycles. The third kappa shape index (κ3) is 4.47. The van der Waals surface area contributed by atoms with E-state index in [9.17, 15) is 9.59 Å². The lowest BCUT2D eigenvalue weighted by Crippen LogP contribution is -2.50. The molecule has 0 radical (unpaired) electrons. The topological polar surface area (TPSA) is 52.7 Å². The molecule has 126 valence electrons. The van der Waals surface area contributed by atoms with E-state index in [0.717, 1.165) is 24.0 Å². The summed E-state index contributed by atoms with van der Waals surface area (Å²) in [6.45, 7) is 8.78. The minimum absolute atomic E-state index is 0.00156. The van der Waals surface area contributed by atoms with E-state index in [-0.39, 0.29) is 18.0 Å². The number of nitrogens with one attached hydrogen (secondary N) is 1. The number of likely N-dealkylation sites (tertiary alicyclic amines) is 1. The maximum atomic E-state index is 12.5. The van der Waals surface area contributed by atoms with Crippen molar-refractivity contribution in [1.82, 2.24) is 15.1 Å². The fourth-order valence-corrected chi connectivity index (χ4v) is 2.88. The molecule has 1 N–H and O–H groups in total. The highest BCUT2D eigenvalue weighted by molar-refractivity contribution is 5.94. The van der Waals surface area contributed by atoms with Crippen molar-refractivity contribution < 1.29 is 9.59 Å². The Kier molecular flexibility index (Phi) is 6.02. The Morgan fingerprint density at radius 2 is 1.70 bits per heavy atom. The van der Waals surface area contributed by atoms with Crippen LogP contribution in [0.15, 0.2) is 24.3 Å². The van der Waals surface area contributed by atoms with Crippen LogP contribution in [0.1, 0.15) is 42.6 Å². The number of aryl methyl sites for hydroxylation is 1. The Bertz CT molecular complexity index is 530. The summed E-state index contributed by atoms with van der Waals surface area (Å²) in [4.78, 5) is 28.2. The van der Waals surface area contributed by atoms with E-state index in [1.165, 1.54) is 0 Å². The average Bonchev–Trinajstić information content (AvgIpc) is 2.57. The number of urea groups is 1. The Labute approximate surface area is 138 Å². The van der Waals surface area contributed by atoms with Crippen molar-refractivity contribution in [3.05, 3.63) is 35.4 Å². The molecule has 1 aliphatic heterocycles. The molecule has 0 bridgehead atoms. The Morgan fingerprint density at radius 3 is 2.22 bits per heavy atom. The molecule has 1 heterocycles. The lowest BCUT2D eigenvalue weighted by molar-refractivity contribution is 0.0706. The van der Waals surface area contributed by atoms with Crippen molar-refractivity contribution in [2.24, 2.45) is 0 Å². The van der Waals surface area contributed by atoms with E-state index in [2.05, 4.69) is 5.32 Å². The molecule has 5 heteroatoms. The maximum absolute atomic E-state index is 12.5. The van der Waals surface area contributed by atoms with Crippen LogP contribution < -0.4 is 5.32 Å². The molecule has 0 aromatic heterocycles. The van der Waals surface area contributed by atoms with Crippen molar-refractivity contribution in [3.8, 4) is 0 Å². The van der Waals surface area contributed by atoms with Gasteiger partial charge in [-0.15, -0.1) is 0 Å². The van der Waals surface area contributed by atoms with Gasteiger partial charge in [-0.3, -0.25) is 4.79 Å². The zero-order chi connectivity index (χ0) is 16.8. The van der Waals surface area contributed by atoms with Gasteiger partial charge in [-0.2, -0.15) is 0 Å². The summed E-state index contributed by atoms with van der Waals surface area (Å²) in [5, 5.41) is 3.08. The lowest BCUT2D eigenvalue weighted by atomic mass is 10.0. The predicted molar refractivity (Wildman–Crippen MR) is 91.6 cm³/mol. The molecule has 1 aromatic carbocycles. The highest BCUT2D eigenvalue weighted by Gasteiger charge is 2.25. The van der Waals surface area contributed by atoms with Crippen LogP contribution >= 0.6 is 0 Å². The highest BCUT2D eigenvalue weighted by Crippen LogP contribution is 2.15. The number of rotatable bonds is 4. The molecule has 0 spiro atoms. The van der Waals surface area contributed by atoms with Gasteiger partial charge in [0.1, 0.15) is 0 Å². The van der Waals surface area contributed by atoms with Gasteiger partial charge >= 0.3 is 6.03 Å². The molecule has 0 aliphatic carbocycles. The van der Waals surface area contributed by atoms with Crippen LogP contribution in [0.3, 0.4) is 0 Å². The fourth-order valence-electron chi connectivity index (χ4n) is 2.88. The van der Waals surface area contributed by atoms with Crippen molar-refractivity contribution >= 4 is 11.9 Å². The van der Waals surface area contributed by atoms with Crippen molar-refractivity contribution in [1.29, 1.82) is 0 Å². The van der Waals surface area contributed by atoms with E-state index in [0.29, 0.717) is 26.2 Å².